The summed E-state index contributed by atoms with van der Waals surface area (Å²) in [6, 6.07) is 0. The Morgan fingerprint density at radius 3 is 1.88 bits per heavy atom. The van der Waals surface area contributed by atoms with Crippen molar-refractivity contribution in [2.75, 3.05) is 13.1 Å². The van der Waals surface area contributed by atoms with Crippen LogP contribution in [0.3, 0.4) is 0 Å². The third-order valence-electron chi connectivity index (χ3n) is 0.727. The van der Waals surface area contributed by atoms with Gasteiger partial charge in [-0.2, -0.15) is 0 Å². The summed E-state index contributed by atoms with van der Waals surface area (Å²) in [7, 11) is 0. The second-order valence-corrected chi connectivity index (χ2v) is 4.53. The van der Waals surface area contributed by atoms with Crippen LogP contribution in [0.5, 0.6) is 0 Å². The van der Waals surface area contributed by atoms with Crippen molar-refractivity contribution >= 4 is 0 Å². The maximum absolute atomic E-state index is 3.64. The van der Waals surface area contributed by atoms with Crippen LogP contribution in [-0.2, 0) is 0 Å². The monoisotopic (exact) mass is 323 g/mol. The zero-order chi connectivity index (χ0) is 6.41. The fourth-order valence-corrected chi connectivity index (χ4v) is 1.63. The molecule has 0 aromatic heterocycles. The van der Waals surface area contributed by atoms with Crippen molar-refractivity contribution in [2.45, 2.75) is 0 Å². The molecular formula is C6H10AcN. The van der Waals surface area contributed by atoms with E-state index in [1.807, 2.05) is 12.2 Å². The minimum atomic E-state index is 0.765. The number of hydrogen-bond acceptors (Lipinski definition) is 1. The molecule has 1 nitrogen and oxygen atoms in total. The molecule has 0 aliphatic rings. The van der Waals surface area contributed by atoms with Crippen molar-refractivity contribution in [1.82, 2.24) is 0.557 Å². The summed E-state index contributed by atoms with van der Waals surface area (Å²) in [6.45, 7) is 9.32. The van der Waals surface area contributed by atoms with Crippen molar-refractivity contribution in [1.29, 1.82) is 0 Å². The first-order chi connectivity index (χ1) is 3.81. The van der Waals surface area contributed by atoms with Gasteiger partial charge in [-0.05, 0) is 0 Å². The molecule has 0 atom stereocenters. The Labute approximate surface area is 80.3 Å². The molecule has 0 heterocycles. The van der Waals surface area contributed by atoms with Crippen molar-refractivity contribution in [3.63, 3.8) is 0 Å². The summed E-state index contributed by atoms with van der Waals surface area (Å²) in [6.07, 6.45) is 3.85. The second kappa shape index (κ2) is 6.01. The molecule has 0 fully saturated rings. The molecule has 42 valence electrons. The van der Waals surface area contributed by atoms with E-state index in [4.69, 9.17) is 0 Å². The van der Waals surface area contributed by atoms with Crippen LogP contribution < -0.4 is 0 Å². The molecule has 0 aromatic carbocycles. The van der Waals surface area contributed by atoms with Crippen LogP contribution in [0.4, 0.5) is 0 Å². The van der Waals surface area contributed by atoms with Crippen molar-refractivity contribution in [2.24, 2.45) is 0 Å². The van der Waals surface area contributed by atoms with Crippen molar-refractivity contribution in [3.8, 4) is 0 Å². The molecule has 0 saturated heterocycles. The SMILES string of the molecule is C=CC[N]([Ac])CC=C. The molecule has 0 amide bonds. The molecular weight excluding hydrogens is 313 g/mol. The summed E-state index contributed by atoms with van der Waals surface area (Å²) in [4.78, 5) is 0. The summed E-state index contributed by atoms with van der Waals surface area (Å²) in [5, 5.41) is 0. The predicted octanol–water partition coefficient (Wildman–Crippen LogP) is 1.12. The van der Waals surface area contributed by atoms with E-state index in [0.29, 0.717) is 0 Å². The fourth-order valence-electron chi connectivity index (χ4n) is 0.406. The Morgan fingerprint density at radius 2 is 1.62 bits per heavy atom. The van der Waals surface area contributed by atoms with E-state index in [1.54, 1.807) is 0 Å². The Balaban J connectivity index is 3.16. The Bertz CT molecular complexity index is 70.6. The third-order valence-corrected chi connectivity index (χ3v) is 2.46. The Hall–Kier alpha value is 0.882. The van der Waals surface area contributed by atoms with Gasteiger partial charge in [0.15, 0.2) is 0 Å². The van der Waals surface area contributed by atoms with Gasteiger partial charge in [0.2, 0.25) is 0 Å². The van der Waals surface area contributed by atoms with Crippen LogP contribution in [0.1, 0.15) is 0 Å². The minimum absolute atomic E-state index is 0.765. The van der Waals surface area contributed by atoms with E-state index < -0.39 is 0 Å². The molecule has 0 spiro atoms. The van der Waals surface area contributed by atoms with Crippen LogP contribution >= 0.6 is 0 Å². The van der Waals surface area contributed by atoms with Gasteiger partial charge in [0.05, 0.1) is 0 Å². The molecule has 0 bridgehead atoms. The normalized spacial score (nSPS) is 9.38. The molecule has 0 aliphatic carbocycles. The zero-order valence-corrected chi connectivity index (χ0v) is 9.75. The van der Waals surface area contributed by atoms with Gasteiger partial charge in [-0.15, -0.1) is 0 Å². The Kier molecular flexibility index (Phi) is 6.67. The van der Waals surface area contributed by atoms with Gasteiger partial charge in [-0.1, -0.05) is 0 Å². The van der Waals surface area contributed by atoms with Crippen LogP contribution in [-0.4, -0.2) is 13.6 Å². The van der Waals surface area contributed by atoms with Crippen LogP contribution in [0.2, 0.25) is 0 Å². The number of rotatable bonds is 4. The second-order valence-electron chi connectivity index (χ2n) is 1.53. The average Bonchev–Trinajstić information content (AvgIpc) is 1.68. The van der Waals surface area contributed by atoms with Gasteiger partial charge in [-0.25, -0.2) is 0 Å². The van der Waals surface area contributed by atoms with E-state index >= 15 is 0 Å². The molecule has 0 saturated carbocycles. The molecule has 8 heavy (non-hydrogen) atoms. The molecule has 0 unspecified atom stereocenters. The molecule has 0 N–H and O–H groups in total. The molecule has 0 radical (unpaired) electrons. The van der Waals surface area contributed by atoms with E-state index in [0.717, 1.165) is 55.4 Å². The summed E-state index contributed by atoms with van der Waals surface area (Å²) < 4.78 is 2.31. The molecule has 2 heteroatoms. The van der Waals surface area contributed by atoms with Crippen LogP contribution in [0.15, 0.2) is 25.3 Å². The van der Waals surface area contributed by atoms with Crippen molar-refractivity contribution in [3.05, 3.63) is 25.3 Å². The van der Waals surface area contributed by atoms with Gasteiger partial charge in [0.1, 0.15) is 0 Å². The fraction of sp³-hybridized carbons (Fsp3) is 0.333. The summed E-state index contributed by atoms with van der Waals surface area (Å²) in [5.74, 6) is 0. The van der Waals surface area contributed by atoms with Crippen LogP contribution in [0, 0.1) is 42.3 Å². The van der Waals surface area contributed by atoms with E-state index in [2.05, 4.69) is 13.7 Å². The van der Waals surface area contributed by atoms with Gasteiger partial charge in [0.25, 0.3) is 0 Å². The van der Waals surface area contributed by atoms with E-state index in [9.17, 15) is 0 Å². The van der Waals surface area contributed by atoms with E-state index in [1.165, 1.54) is 0 Å². The maximum atomic E-state index is 3.64. The van der Waals surface area contributed by atoms with Gasteiger partial charge in [0, 0.05) is 0 Å². The first-order valence-electron chi connectivity index (χ1n) is 2.52. The molecule has 0 aromatic rings. The quantitative estimate of drug-likeness (QED) is 0.701. The first kappa shape index (κ1) is 8.88. The third kappa shape index (κ3) is 5.03. The van der Waals surface area contributed by atoms with Gasteiger partial charge in [-0.3, -0.25) is 0 Å². The zero-order valence-electron chi connectivity index (χ0n) is 5.01. The first-order valence-corrected chi connectivity index (χ1v) is 4.65. The van der Waals surface area contributed by atoms with Crippen LogP contribution in [0.25, 0.3) is 0 Å². The van der Waals surface area contributed by atoms with Gasteiger partial charge < -0.3 is 0 Å². The predicted molar refractivity (Wildman–Crippen MR) is 32.0 cm³/mol. The average molecular weight is 323 g/mol. The summed E-state index contributed by atoms with van der Waals surface area (Å²) in [5.41, 5.74) is 0. The number of nitrogens with zero attached hydrogens (tertiary/aromatic N) is 1. The van der Waals surface area contributed by atoms with E-state index in [-0.39, 0.29) is 0 Å². The molecule has 0 aliphatic heterocycles. The summed E-state index contributed by atoms with van der Waals surface area (Å²) >= 11 is 0.765. The molecule has 0 rings (SSSR count). The standard InChI is InChI=1S/C6H10N.Ac/c1-3-5-7-6-4-2;/h3-4H,1-2,5-6H2;/q-1;+1. The van der Waals surface area contributed by atoms with Crippen molar-refractivity contribution < 1.29 is 42.3 Å². The number of hydrogen-bond donors (Lipinski definition) is 0. The topological polar surface area (TPSA) is 3.24 Å². The Morgan fingerprint density at radius 1 is 1.25 bits per heavy atom. The van der Waals surface area contributed by atoms with Gasteiger partial charge >= 0.3 is 81.2 Å².